The zero-order valence-electron chi connectivity index (χ0n) is 7.99. The van der Waals surface area contributed by atoms with Crippen molar-refractivity contribution in [1.82, 2.24) is 4.98 Å². The molecule has 0 saturated heterocycles. The van der Waals surface area contributed by atoms with Crippen molar-refractivity contribution in [3.8, 4) is 0 Å². The topological polar surface area (TPSA) is 52.3 Å². The molecule has 1 aromatic heterocycles. The van der Waals surface area contributed by atoms with Crippen LogP contribution in [0.2, 0.25) is 0 Å². The van der Waals surface area contributed by atoms with Crippen LogP contribution < -0.4 is 0 Å². The Morgan fingerprint density at radius 3 is 3.07 bits per heavy atom. The Kier molecular flexibility index (Phi) is 2.73. The molecule has 1 aromatic carbocycles. The number of para-hydroxylation sites is 1. The van der Waals surface area contributed by atoms with E-state index in [1.165, 1.54) is 7.11 Å². The number of rotatable bonds is 2. The summed E-state index contributed by atoms with van der Waals surface area (Å²) in [6.45, 7) is 0. The second-order valence-electron chi connectivity index (χ2n) is 2.89. The number of carbonyl (C=O) groups is 1. The number of ether oxygens (including phenoxy) is 1. The van der Waals surface area contributed by atoms with Crippen molar-refractivity contribution < 1.29 is 13.9 Å². The number of carbonyl (C=O) groups excluding carboxylic acids is 1. The summed E-state index contributed by atoms with van der Waals surface area (Å²) in [5.41, 5.74) is 1.53. The lowest BCUT2D eigenvalue weighted by Gasteiger charge is -1.97. The summed E-state index contributed by atoms with van der Waals surface area (Å²) >= 11 is 3.24. The van der Waals surface area contributed by atoms with Gasteiger partial charge in [0.2, 0.25) is 5.89 Å². The van der Waals surface area contributed by atoms with E-state index in [-0.39, 0.29) is 0 Å². The van der Waals surface area contributed by atoms with Gasteiger partial charge in [-0.25, -0.2) is 9.78 Å². The van der Waals surface area contributed by atoms with Gasteiger partial charge in [-0.1, -0.05) is 22.0 Å². The summed E-state index contributed by atoms with van der Waals surface area (Å²) in [5, 5.41) is 0.516. The van der Waals surface area contributed by atoms with Crippen LogP contribution in [0.3, 0.4) is 0 Å². The summed E-state index contributed by atoms with van der Waals surface area (Å²) in [7, 11) is 1.34. The molecule has 0 fully saturated rings. The van der Waals surface area contributed by atoms with Gasteiger partial charge in [-0.2, -0.15) is 0 Å². The van der Waals surface area contributed by atoms with Crippen LogP contribution in [0.4, 0.5) is 0 Å². The number of hydrogen-bond donors (Lipinski definition) is 0. The molecule has 0 bridgehead atoms. The molecule has 0 spiro atoms. The minimum Gasteiger partial charge on any atom is -0.465 e. The number of oxazole rings is 1. The minimum atomic E-state index is -0.419. The fraction of sp³-hybridized carbons (Fsp3) is 0.200. The van der Waals surface area contributed by atoms with Crippen LogP contribution in [0.15, 0.2) is 22.6 Å². The number of aromatic nitrogens is 1. The molecule has 4 nitrogen and oxygen atoms in total. The Bertz CT molecular complexity index is 506. The highest BCUT2D eigenvalue weighted by atomic mass is 79.9. The second kappa shape index (κ2) is 4.02. The second-order valence-corrected chi connectivity index (χ2v) is 3.45. The Labute approximate surface area is 94.4 Å². The van der Waals surface area contributed by atoms with Crippen LogP contribution in [0.5, 0.6) is 0 Å². The summed E-state index contributed by atoms with van der Waals surface area (Å²) < 4.78 is 10.1. The smallest absolute Gasteiger partial charge is 0.341 e. The lowest BCUT2D eigenvalue weighted by Crippen LogP contribution is -2.00. The maximum absolute atomic E-state index is 11.4. The van der Waals surface area contributed by atoms with E-state index in [2.05, 4.69) is 25.7 Å². The number of esters is 1. The Morgan fingerprint density at radius 2 is 2.40 bits per heavy atom. The average molecular weight is 270 g/mol. The summed E-state index contributed by atoms with van der Waals surface area (Å²) in [5.74, 6) is 0.124. The lowest BCUT2D eigenvalue weighted by molar-refractivity contribution is 0.0601. The van der Waals surface area contributed by atoms with Crippen LogP contribution in [0, 0.1) is 0 Å². The molecule has 5 heteroatoms. The van der Waals surface area contributed by atoms with Gasteiger partial charge in [0.1, 0.15) is 11.1 Å². The molecule has 0 aliphatic heterocycles. The Morgan fingerprint density at radius 1 is 1.60 bits per heavy atom. The SMILES string of the molecule is COC(=O)c1cccc2nc(CBr)oc12. The van der Waals surface area contributed by atoms with E-state index in [0.29, 0.717) is 27.9 Å². The van der Waals surface area contributed by atoms with E-state index in [4.69, 9.17) is 4.42 Å². The number of fused-ring (bicyclic) bond motifs is 1. The molecule has 78 valence electrons. The molecule has 0 radical (unpaired) electrons. The first-order chi connectivity index (χ1) is 7.26. The molecule has 0 N–H and O–H groups in total. The van der Waals surface area contributed by atoms with Crippen molar-refractivity contribution in [2.75, 3.05) is 7.11 Å². The van der Waals surface area contributed by atoms with E-state index in [0.717, 1.165) is 0 Å². The van der Waals surface area contributed by atoms with E-state index >= 15 is 0 Å². The highest BCUT2D eigenvalue weighted by Gasteiger charge is 2.14. The van der Waals surface area contributed by atoms with E-state index < -0.39 is 5.97 Å². The van der Waals surface area contributed by atoms with Gasteiger partial charge in [0, 0.05) is 0 Å². The van der Waals surface area contributed by atoms with E-state index in [1.54, 1.807) is 18.2 Å². The third-order valence-corrected chi connectivity index (χ3v) is 2.46. The van der Waals surface area contributed by atoms with Gasteiger partial charge in [0.05, 0.1) is 12.4 Å². The van der Waals surface area contributed by atoms with Gasteiger partial charge in [0.15, 0.2) is 5.58 Å². The van der Waals surface area contributed by atoms with Gasteiger partial charge < -0.3 is 9.15 Å². The first kappa shape index (κ1) is 10.2. The standard InChI is InChI=1S/C10H8BrNO3/c1-14-10(13)6-3-2-4-7-9(6)15-8(5-11)12-7/h2-4H,5H2,1H3. The Hall–Kier alpha value is -1.36. The fourth-order valence-corrected chi connectivity index (χ4v) is 1.56. The molecule has 0 atom stereocenters. The molecule has 1 heterocycles. The van der Waals surface area contributed by atoms with Gasteiger partial charge in [-0.15, -0.1) is 0 Å². The van der Waals surface area contributed by atoms with Crippen LogP contribution >= 0.6 is 15.9 Å². The van der Waals surface area contributed by atoms with Crippen molar-refractivity contribution in [1.29, 1.82) is 0 Å². The summed E-state index contributed by atoms with van der Waals surface area (Å²) in [6, 6.07) is 5.18. The van der Waals surface area contributed by atoms with E-state index in [9.17, 15) is 4.79 Å². The van der Waals surface area contributed by atoms with Gasteiger partial charge >= 0.3 is 5.97 Å². The molecular formula is C10H8BrNO3. The molecular weight excluding hydrogens is 262 g/mol. The minimum absolute atomic E-state index is 0.398. The third kappa shape index (κ3) is 1.74. The largest absolute Gasteiger partial charge is 0.465 e. The monoisotopic (exact) mass is 269 g/mol. The van der Waals surface area contributed by atoms with Crippen molar-refractivity contribution in [3.63, 3.8) is 0 Å². The average Bonchev–Trinajstić information content (AvgIpc) is 2.70. The van der Waals surface area contributed by atoms with Crippen molar-refractivity contribution in [3.05, 3.63) is 29.7 Å². The van der Waals surface area contributed by atoms with Crippen LogP contribution in [0.25, 0.3) is 11.1 Å². The van der Waals surface area contributed by atoms with Gasteiger partial charge in [-0.3, -0.25) is 0 Å². The number of methoxy groups -OCH3 is 1. The van der Waals surface area contributed by atoms with Crippen LogP contribution in [-0.4, -0.2) is 18.1 Å². The van der Waals surface area contributed by atoms with Gasteiger partial charge in [-0.05, 0) is 12.1 Å². The van der Waals surface area contributed by atoms with Crippen LogP contribution in [-0.2, 0) is 10.1 Å². The number of nitrogens with zero attached hydrogens (tertiary/aromatic N) is 1. The summed E-state index contributed by atoms with van der Waals surface area (Å²) in [6.07, 6.45) is 0. The maximum atomic E-state index is 11.4. The molecule has 0 aliphatic rings. The van der Waals surface area contributed by atoms with Crippen molar-refractivity contribution in [2.45, 2.75) is 5.33 Å². The molecule has 0 unspecified atom stereocenters. The molecule has 0 saturated carbocycles. The number of hydrogen-bond acceptors (Lipinski definition) is 4. The molecule has 15 heavy (non-hydrogen) atoms. The molecule has 2 rings (SSSR count). The summed E-state index contributed by atoms with van der Waals surface area (Å²) in [4.78, 5) is 15.6. The molecule has 2 aromatic rings. The van der Waals surface area contributed by atoms with Crippen LogP contribution in [0.1, 0.15) is 16.2 Å². The number of benzene rings is 1. The quantitative estimate of drug-likeness (QED) is 0.621. The lowest BCUT2D eigenvalue weighted by atomic mass is 10.2. The van der Waals surface area contributed by atoms with E-state index in [1.807, 2.05) is 0 Å². The highest BCUT2D eigenvalue weighted by molar-refractivity contribution is 9.08. The predicted molar refractivity (Wildman–Crippen MR) is 58.0 cm³/mol. The zero-order valence-corrected chi connectivity index (χ0v) is 9.58. The number of alkyl halides is 1. The maximum Gasteiger partial charge on any atom is 0.341 e. The normalized spacial score (nSPS) is 10.5. The number of halogens is 1. The first-order valence-corrected chi connectivity index (χ1v) is 5.41. The van der Waals surface area contributed by atoms with Gasteiger partial charge in [0.25, 0.3) is 0 Å². The third-order valence-electron chi connectivity index (χ3n) is 1.98. The van der Waals surface area contributed by atoms with Crippen molar-refractivity contribution >= 4 is 33.0 Å². The predicted octanol–water partition coefficient (Wildman–Crippen LogP) is 2.51. The molecule has 0 aliphatic carbocycles. The Balaban J connectivity index is 2.64. The zero-order chi connectivity index (χ0) is 10.8. The fourth-order valence-electron chi connectivity index (χ4n) is 1.32. The van der Waals surface area contributed by atoms with Crippen molar-refractivity contribution in [2.24, 2.45) is 0 Å². The first-order valence-electron chi connectivity index (χ1n) is 4.29. The molecule has 0 amide bonds. The highest BCUT2D eigenvalue weighted by Crippen LogP contribution is 2.21.